The van der Waals surface area contributed by atoms with Crippen molar-refractivity contribution in [2.24, 2.45) is 5.92 Å². The van der Waals surface area contributed by atoms with Gasteiger partial charge in [-0.3, -0.25) is 9.69 Å². The van der Waals surface area contributed by atoms with Crippen LogP contribution in [0.3, 0.4) is 0 Å². The van der Waals surface area contributed by atoms with Crippen molar-refractivity contribution < 1.29 is 9.18 Å². The third-order valence-corrected chi connectivity index (χ3v) is 5.00. The number of carbonyl (C=O) groups is 1. The lowest BCUT2D eigenvalue weighted by molar-refractivity contribution is 0.0951. The summed E-state index contributed by atoms with van der Waals surface area (Å²) in [7, 11) is 0. The second kappa shape index (κ2) is 5.78. The third-order valence-electron chi connectivity index (χ3n) is 5.00. The smallest absolute Gasteiger partial charge is 0.251 e. The van der Waals surface area contributed by atoms with Crippen molar-refractivity contribution in [3.8, 4) is 0 Å². The lowest BCUT2D eigenvalue weighted by Gasteiger charge is -2.17. The number of rotatable bonds is 2. The van der Waals surface area contributed by atoms with Gasteiger partial charge in [0.25, 0.3) is 5.91 Å². The Balaban J connectivity index is 1.59. The zero-order valence-corrected chi connectivity index (χ0v) is 12.8. The van der Waals surface area contributed by atoms with Crippen molar-refractivity contribution in [1.29, 1.82) is 0 Å². The lowest BCUT2D eigenvalue weighted by atomic mass is 9.87. The van der Waals surface area contributed by atoms with Gasteiger partial charge in [-0.25, -0.2) is 4.39 Å². The van der Waals surface area contributed by atoms with Crippen LogP contribution in [0.2, 0.25) is 0 Å². The molecule has 1 fully saturated rings. The van der Waals surface area contributed by atoms with E-state index < -0.39 is 0 Å². The summed E-state index contributed by atoms with van der Waals surface area (Å²) >= 11 is 0. The van der Waals surface area contributed by atoms with Crippen LogP contribution in [0.15, 0.2) is 48.5 Å². The number of benzene rings is 2. The van der Waals surface area contributed by atoms with E-state index in [0.29, 0.717) is 24.9 Å². The first-order valence-corrected chi connectivity index (χ1v) is 8.05. The maximum Gasteiger partial charge on any atom is 0.251 e. The third kappa shape index (κ3) is 2.63. The molecule has 118 valence electrons. The molecule has 0 saturated carbocycles. The number of fused-ring (bicyclic) bond motifs is 3. The van der Waals surface area contributed by atoms with Crippen molar-refractivity contribution in [3.63, 3.8) is 0 Å². The Morgan fingerprint density at radius 2 is 1.87 bits per heavy atom. The van der Waals surface area contributed by atoms with Crippen LogP contribution in [0, 0.1) is 11.7 Å². The van der Waals surface area contributed by atoms with Crippen LogP contribution in [0.4, 0.5) is 4.39 Å². The summed E-state index contributed by atoms with van der Waals surface area (Å²) in [6.07, 6.45) is 0. The number of hydrogen-bond acceptors (Lipinski definition) is 2. The minimum atomic E-state index is -0.145. The highest BCUT2D eigenvalue weighted by Crippen LogP contribution is 2.36. The van der Waals surface area contributed by atoms with Crippen molar-refractivity contribution >= 4 is 5.91 Å². The second-order valence-electron chi connectivity index (χ2n) is 6.45. The largest absolute Gasteiger partial charge is 0.352 e. The van der Waals surface area contributed by atoms with Crippen molar-refractivity contribution in [2.45, 2.75) is 12.5 Å². The molecule has 0 aromatic heterocycles. The number of halogens is 1. The molecule has 1 amide bonds. The maximum absolute atomic E-state index is 13.9. The molecule has 2 aliphatic heterocycles. The Bertz CT molecular complexity index is 746. The van der Waals surface area contributed by atoms with E-state index in [9.17, 15) is 9.18 Å². The van der Waals surface area contributed by atoms with E-state index in [1.165, 1.54) is 6.07 Å². The zero-order chi connectivity index (χ0) is 15.8. The zero-order valence-electron chi connectivity index (χ0n) is 12.8. The van der Waals surface area contributed by atoms with Gasteiger partial charge in [-0.15, -0.1) is 0 Å². The molecule has 0 spiro atoms. The first-order valence-electron chi connectivity index (χ1n) is 8.05. The standard InChI is InChI=1S/C19H19FN2O/c20-18-8-4-1-5-13(18)10-22-11-14-9-21-19(23)16-7-3-2-6-15(16)17(14)12-22/h1-8,14,17H,9-12H2,(H,21,23)/t14-,17?/m0/s1. The number of carbonyl (C=O) groups excluding carboxylic acids is 1. The van der Waals surface area contributed by atoms with Gasteiger partial charge in [-0.05, 0) is 23.6 Å². The highest BCUT2D eigenvalue weighted by atomic mass is 19.1. The molecular weight excluding hydrogens is 291 g/mol. The van der Waals surface area contributed by atoms with Crippen molar-refractivity contribution in [1.82, 2.24) is 10.2 Å². The first kappa shape index (κ1) is 14.4. The number of nitrogens with one attached hydrogen (secondary N) is 1. The Morgan fingerprint density at radius 3 is 2.74 bits per heavy atom. The molecule has 3 nitrogen and oxygen atoms in total. The Labute approximate surface area is 135 Å². The van der Waals surface area contributed by atoms with Crippen LogP contribution in [0.1, 0.15) is 27.4 Å². The van der Waals surface area contributed by atoms with Gasteiger partial charge in [-0.2, -0.15) is 0 Å². The molecule has 2 aliphatic rings. The van der Waals surface area contributed by atoms with Crippen LogP contribution < -0.4 is 5.32 Å². The molecule has 2 heterocycles. The van der Waals surface area contributed by atoms with Gasteiger partial charge in [-0.1, -0.05) is 36.4 Å². The molecule has 1 unspecified atom stereocenters. The van der Waals surface area contributed by atoms with E-state index in [2.05, 4.69) is 16.3 Å². The fourth-order valence-electron chi connectivity index (χ4n) is 3.86. The second-order valence-corrected chi connectivity index (χ2v) is 6.45. The normalized spacial score (nSPS) is 23.8. The Morgan fingerprint density at radius 1 is 1.09 bits per heavy atom. The van der Waals surface area contributed by atoms with Crippen LogP contribution in [0.5, 0.6) is 0 Å². The number of hydrogen-bond donors (Lipinski definition) is 1. The molecule has 1 N–H and O–H groups in total. The van der Waals surface area contributed by atoms with E-state index in [1.54, 1.807) is 6.07 Å². The van der Waals surface area contributed by atoms with E-state index in [-0.39, 0.29) is 11.7 Å². The molecule has 4 heteroatoms. The monoisotopic (exact) mass is 310 g/mol. The number of amides is 1. The average molecular weight is 310 g/mol. The molecule has 2 aromatic carbocycles. The van der Waals surface area contributed by atoms with Gasteiger partial charge < -0.3 is 5.32 Å². The summed E-state index contributed by atoms with van der Waals surface area (Å²) < 4.78 is 13.9. The summed E-state index contributed by atoms with van der Waals surface area (Å²) in [6.45, 7) is 3.06. The van der Waals surface area contributed by atoms with Crippen molar-refractivity contribution in [2.75, 3.05) is 19.6 Å². The maximum atomic E-state index is 13.9. The van der Waals surface area contributed by atoms with Gasteiger partial charge in [0.15, 0.2) is 0 Å². The highest BCUT2D eigenvalue weighted by molar-refractivity contribution is 5.96. The van der Waals surface area contributed by atoms with Crippen molar-refractivity contribution in [3.05, 3.63) is 71.0 Å². The number of nitrogens with zero attached hydrogens (tertiary/aromatic N) is 1. The molecule has 2 atom stereocenters. The summed E-state index contributed by atoms with van der Waals surface area (Å²) in [5, 5.41) is 3.03. The molecular formula is C19H19FN2O. The summed E-state index contributed by atoms with van der Waals surface area (Å²) in [5.41, 5.74) is 2.65. The van der Waals surface area contributed by atoms with Gasteiger partial charge >= 0.3 is 0 Å². The van der Waals surface area contributed by atoms with Crippen LogP contribution in [0.25, 0.3) is 0 Å². The first-order chi connectivity index (χ1) is 11.2. The molecule has 23 heavy (non-hydrogen) atoms. The molecule has 1 saturated heterocycles. The Hall–Kier alpha value is -2.20. The van der Waals surface area contributed by atoms with Gasteiger partial charge in [0, 0.05) is 43.2 Å². The molecule has 0 radical (unpaired) electrons. The fourth-order valence-corrected chi connectivity index (χ4v) is 3.86. The summed E-state index contributed by atoms with van der Waals surface area (Å²) in [4.78, 5) is 14.5. The van der Waals surface area contributed by atoms with Gasteiger partial charge in [0.05, 0.1) is 0 Å². The van der Waals surface area contributed by atoms with E-state index in [1.807, 2.05) is 30.3 Å². The minimum absolute atomic E-state index is 0.0238. The average Bonchev–Trinajstić information content (AvgIpc) is 2.92. The lowest BCUT2D eigenvalue weighted by Crippen LogP contribution is -2.29. The van der Waals surface area contributed by atoms with Gasteiger partial charge in [0.2, 0.25) is 0 Å². The quantitative estimate of drug-likeness (QED) is 0.925. The van der Waals surface area contributed by atoms with Crippen LogP contribution >= 0.6 is 0 Å². The summed E-state index contributed by atoms with van der Waals surface area (Å²) in [6, 6.07) is 14.8. The minimum Gasteiger partial charge on any atom is -0.352 e. The summed E-state index contributed by atoms with van der Waals surface area (Å²) in [5.74, 6) is 0.593. The van der Waals surface area contributed by atoms with Crippen LogP contribution in [-0.2, 0) is 6.54 Å². The Kier molecular flexibility index (Phi) is 3.62. The predicted octanol–water partition coefficient (Wildman–Crippen LogP) is 2.78. The topological polar surface area (TPSA) is 32.3 Å². The predicted molar refractivity (Wildman–Crippen MR) is 86.7 cm³/mol. The van der Waals surface area contributed by atoms with E-state index >= 15 is 0 Å². The van der Waals surface area contributed by atoms with Crippen LogP contribution in [-0.4, -0.2) is 30.4 Å². The van der Waals surface area contributed by atoms with E-state index in [4.69, 9.17) is 0 Å². The molecule has 0 aliphatic carbocycles. The highest BCUT2D eigenvalue weighted by Gasteiger charge is 2.37. The van der Waals surface area contributed by atoms with Gasteiger partial charge in [0.1, 0.15) is 5.82 Å². The molecule has 0 bridgehead atoms. The SMILES string of the molecule is O=C1NC[C@H]2CN(Cc3ccccc3F)CC2c2ccccc21. The number of likely N-dealkylation sites (tertiary alicyclic amines) is 1. The fraction of sp³-hybridized carbons (Fsp3) is 0.316. The van der Waals surface area contributed by atoms with E-state index in [0.717, 1.165) is 29.8 Å². The molecule has 4 rings (SSSR count). The molecule has 2 aromatic rings.